The molecule has 1 aromatic rings. The van der Waals surface area contributed by atoms with Crippen LogP contribution in [0, 0.1) is 0 Å². The molecule has 3 N–H and O–H groups in total. The molecule has 1 unspecified atom stereocenters. The number of hydrogen-bond acceptors (Lipinski definition) is 3. The topological polar surface area (TPSA) is 66.6 Å². The summed E-state index contributed by atoms with van der Waals surface area (Å²) in [5.74, 6) is -0.0937. The molecule has 1 aromatic carbocycles. The van der Waals surface area contributed by atoms with Gasteiger partial charge in [0.05, 0.1) is 10.2 Å². The Morgan fingerprint density at radius 1 is 1.56 bits per heavy atom. The molecule has 0 aliphatic carbocycles. The average molecular weight is 306 g/mol. The molecule has 1 amide bonds. The molecule has 4 nitrogen and oxygen atoms in total. The third-order valence-electron chi connectivity index (χ3n) is 2.45. The lowest BCUT2D eigenvalue weighted by Crippen LogP contribution is -2.28. The maximum absolute atomic E-state index is 11.6. The number of nitrogens with two attached hydrogens (primary N) is 1. The zero-order chi connectivity index (χ0) is 11.9. The van der Waals surface area contributed by atoms with Gasteiger partial charge in [-0.25, -0.2) is 0 Å². The van der Waals surface area contributed by atoms with Crippen molar-refractivity contribution < 1.29 is 9.90 Å². The van der Waals surface area contributed by atoms with Crippen molar-refractivity contribution >= 4 is 39.1 Å². The van der Waals surface area contributed by atoms with Gasteiger partial charge in [-0.05, 0) is 28.1 Å². The van der Waals surface area contributed by atoms with Gasteiger partial charge in [0.25, 0.3) is 0 Å². The second-order valence-electron chi connectivity index (χ2n) is 3.72. The Labute approximate surface area is 106 Å². The molecule has 0 aromatic heterocycles. The van der Waals surface area contributed by atoms with Crippen molar-refractivity contribution in [1.29, 1.82) is 0 Å². The molecule has 0 bridgehead atoms. The van der Waals surface area contributed by atoms with Gasteiger partial charge in [0, 0.05) is 24.0 Å². The lowest BCUT2D eigenvalue weighted by molar-refractivity contribution is -0.117. The first-order valence-corrected chi connectivity index (χ1v) is 5.90. The lowest BCUT2D eigenvalue weighted by Gasteiger charge is -2.18. The molecule has 1 saturated heterocycles. The van der Waals surface area contributed by atoms with Gasteiger partial charge in [0.1, 0.15) is 0 Å². The first-order valence-electron chi connectivity index (χ1n) is 4.73. The molecule has 2 rings (SSSR count). The second-order valence-corrected chi connectivity index (χ2v) is 5.01. The van der Waals surface area contributed by atoms with E-state index in [1.54, 1.807) is 12.1 Å². The summed E-state index contributed by atoms with van der Waals surface area (Å²) >= 11 is 9.05. The van der Waals surface area contributed by atoms with Crippen molar-refractivity contribution in [3.05, 3.63) is 21.6 Å². The van der Waals surface area contributed by atoms with Crippen LogP contribution in [0.2, 0.25) is 5.02 Å². The Morgan fingerprint density at radius 2 is 2.25 bits per heavy atom. The van der Waals surface area contributed by atoms with Crippen LogP contribution in [0.4, 0.5) is 5.69 Å². The molecule has 0 spiro atoms. The SMILES string of the molecule is NC1CC(=O)N(c2cc(Cl)cc(Br)c2O)C1. The first kappa shape index (κ1) is 11.7. The van der Waals surface area contributed by atoms with Crippen LogP contribution in [0.1, 0.15) is 6.42 Å². The second kappa shape index (κ2) is 4.24. The monoisotopic (exact) mass is 304 g/mol. The summed E-state index contributed by atoms with van der Waals surface area (Å²) in [7, 11) is 0. The molecule has 1 aliphatic heterocycles. The number of phenols is 1. The molecule has 0 radical (unpaired) electrons. The largest absolute Gasteiger partial charge is 0.505 e. The average Bonchev–Trinajstić information content (AvgIpc) is 2.51. The highest BCUT2D eigenvalue weighted by molar-refractivity contribution is 9.10. The number of amides is 1. The number of nitrogens with zero attached hydrogens (tertiary/aromatic N) is 1. The number of phenolic OH excluding ortho intramolecular Hbond substituents is 1. The van der Waals surface area contributed by atoms with Crippen molar-refractivity contribution in [3.63, 3.8) is 0 Å². The van der Waals surface area contributed by atoms with Crippen LogP contribution in [0.15, 0.2) is 16.6 Å². The van der Waals surface area contributed by atoms with Gasteiger partial charge in [-0.1, -0.05) is 11.6 Å². The Hall–Kier alpha value is -0.780. The summed E-state index contributed by atoms with van der Waals surface area (Å²) in [5.41, 5.74) is 6.09. The Bertz CT molecular complexity index is 453. The smallest absolute Gasteiger partial charge is 0.228 e. The fourth-order valence-electron chi connectivity index (χ4n) is 1.73. The van der Waals surface area contributed by atoms with Crippen molar-refractivity contribution in [1.82, 2.24) is 0 Å². The molecule has 1 atom stereocenters. The van der Waals surface area contributed by atoms with Gasteiger partial charge in [-0.3, -0.25) is 4.79 Å². The number of anilines is 1. The fraction of sp³-hybridized carbons (Fsp3) is 0.300. The summed E-state index contributed by atoms with van der Waals surface area (Å²) in [6, 6.07) is 2.93. The van der Waals surface area contributed by atoms with E-state index in [2.05, 4.69) is 15.9 Å². The van der Waals surface area contributed by atoms with E-state index in [-0.39, 0.29) is 17.7 Å². The van der Waals surface area contributed by atoms with Crippen LogP contribution in [-0.4, -0.2) is 23.6 Å². The van der Waals surface area contributed by atoms with E-state index in [9.17, 15) is 9.90 Å². The minimum Gasteiger partial charge on any atom is -0.505 e. The van der Waals surface area contributed by atoms with Gasteiger partial charge in [-0.15, -0.1) is 0 Å². The van der Waals surface area contributed by atoms with E-state index in [0.29, 0.717) is 28.1 Å². The summed E-state index contributed by atoms with van der Waals surface area (Å²) < 4.78 is 0.461. The number of rotatable bonds is 1. The first-order chi connectivity index (χ1) is 7.49. The van der Waals surface area contributed by atoms with E-state index in [0.717, 1.165) is 0 Å². The van der Waals surface area contributed by atoms with Crippen LogP contribution in [-0.2, 0) is 4.79 Å². The molecule has 16 heavy (non-hydrogen) atoms. The summed E-state index contributed by atoms with van der Waals surface area (Å²) in [6.45, 7) is 0.402. The molecular weight excluding hydrogens is 295 g/mol. The highest BCUT2D eigenvalue weighted by Gasteiger charge is 2.30. The summed E-state index contributed by atoms with van der Waals surface area (Å²) in [5, 5.41) is 10.3. The van der Waals surface area contributed by atoms with Gasteiger partial charge in [-0.2, -0.15) is 0 Å². The Kier molecular flexibility index (Phi) is 3.10. The predicted molar refractivity (Wildman–Crippen MR) is 65.8 cm³/mol. The van der Waals surface area contributed by atoms with E-state index in [4.69, 9.17) is 17.3 Å². The number of aromatic hydroxyl groups is 1. The minimum absolute atomic E-state index is 0.00634. The normalized spacial score (nSPS) is 20.6. The molecule has 1 heterocycles. The quantitative estimate of drug-likeness (QED) is 0.832. The zero-order valence-corrected chi connectivity index (χ0v) is 10.6. The third kappa shape index (κ3) is 2.03. The fourth-order valence-corrected chi connectivity index (χ4v) is 2.52. The van der Waals surface area contributed by atoms with Crippen LogP contribution in [0.25, 0.3) is 0 Å². The molecule has 86 valence electrons. The van der Waals surface area contributed by atoms with Crippen LogP contribution in [0.3, 0.4) is 0 Å². The Morgan fingerprint density at radius 3 is 2.81 bits per heavy atom. The molecule has 6 heteroatoms. The van der Waals surface area contributed by atoms with Crippen LogP contribution in [0.5, 0.6) is 5.75 Å². The highest BCUT2D eigenvalue weighted by Crippen LogP contribution is 2.39. The van der Waals surface area contributed by atoms with Crippen LogP contribution >= 0.6 is 27.5 Å². The van der Waals surface area contributed by atoms with Gasteiger partial charge in [0.15, 0.2) is 5.75 Å². The van der Waals surface area contributed by atoms with Gasteiger partial charge in [0.2, 0.25) is 5.91 Å². The number of benzene rings is 1. The van der Waals surface area contributed by atoms with Crippen molar-refractivity contribution in [2.24, 2.45) is 5.73 Å². The van der Waals surface area contributed by atoms with Crippen LogP contribution < -0.4 is 10.6 Å². The number of halogens is 2. The lowest BCUT2D eigenvalue weighted by atomic mass is 10.2. The standard InChI is InChI=1S/C10H10BrClN2O2/c11-7-1-5(12)2-8(10(7)16)14-4-6(13)3-9(14)15/h1-2,6,16H,3-4,13H2. The molecule has 0 saturated carbocycles. The maximum atomic E-state index is 11.6. The molecule has 1 fully saturated rings. The third-order valence-corrected chi connectivity index (χ3v) is 3.28. The number of hydrogen-bond donors (Lipinski definition) is 2. The van der Waals surface area contributed by atoms with Crippen molar-refractivity contribution in [3.8, 4) is 5.75 Å². The minimum atomic E-state index is -0.190. The number of carbonyl (C=O) groups excluding carboxylic acids is 1. The van der Waals surface area contributed by atoms with Gasteiger partial charge >= 0.3 is 0 Å². The van der Waals surface area contributed by atoms with Gasteiger partial charge < -0.3 is 15.7 Å². The summed E-state index contributed by atoms with van der Waals surface area (Å²) in [6.07, 6.45) is 0.295. The Balaban J connectivity index is 2.44. The summed E-state index contributed by atoms with van der Waals surface area (Å²) in [4.78, 5) is 13.1. The van der Waals surface area contributed by atoms with E-state index in [1.807, 2.05) is 0 Å². The maximum Gasteiger partial charge on any atom is 0.228 e. The zero-order valence-electron chi connectivity index (χ0n) is 8.28. The van der Waals surface area contributed by atoms with E-state index >= 15 is 0 Å². The molecule has 1 aliphatic rings. The van der Waals surface area contributed by atoms with E-state index < -0.39 is 0 Å². The predicted octanol–water partition coefficient (Wildman–Crippen LogP) is 1.87. The molecular formula is C10H10BrClN2O2. The van der Waals surface area contributed by atoms with Crippen molar-refractivity contribution in [2.75, 3.05) is 11.4 Å². The van der Waals surface area contributed by atoms with Crippen molar-refractivity contribution in [2.45, 2.75) is 12.5 Å². The highest BCUT2D eigenvalue weighted by atomic mass is 79.9. The number of carbonyl (C=O) groups is 1. The van der Waals surface area contributed by atoms with E-state index in [1.165, 1.54) is 4.90 Å².